The molecule has 1 aliphatic heterocycles. The number of amides is 1. The first-order valence-corrected chi connectivity index (χ1v) is 8.77. The van der Waals surface area contributed by atoms with Crippen LogP contribution < -0.4 is 5.32 Å². The Morgan fingerprint density at radius 3 is 2.08 bits per heavy atom. The van der Waals surface area contributed by atoms with Crippen LogP contribution in [-0.2, 0) is 4.79 Å². The van der Waals surface area contributed by atoms with Gasteiger partial charge in [-0.05, 0) is 26.7 Å². The molecule has 0 spiro atoms. The molecule has 0 atom stereocenters. The lowest BCUT2D eigenvalue weighted by Gasteiger charge is -2.62. The van der Waals surface area contributed by atoms with Gasteiger partial charge in [0.15, 0.2) is 5.96 Å². The number of guanidine groups is 1. The number of nitrogens with one attached hydrogen (secondary N) is 1. The summed E-state index contributed by atoms with van der Waals surface area (Å²) < 4.78 is 0. The van der Waals surface area contributed by atoms with Gasteiger partial charge in [0.2, 0.25) is 5.91 Å². The van der Waals surface area contributed by atoms with Crippen LogP contribution in [0.5, 0.6) is 0 Å². The molecular formula is C18H35IN4O. The molecule has 2 aliphatic rings. The van der Waals surface area contributed by atoms with Gasteiger partial charge in [0.1, 0.15) is 0 Å². The molecule has 140 valence electrons. The minimum atomic E-state index is -0.260. The second-order valence-corrected chi connectivity index (χ2v) is 8.62. The number of likely N-dealkylation sites (tertiary alicyclic amines) is 1. The summed E-state index contributed by atoms with van der Waals surface area (Å²) in [6.07, 6.45) is 4.23. The Bertz CT molecular complexity index is 493. The van der Waals surface area contributed by atoms with E-state index >= 15 is 0 Å². The molecule has 24 heavy (non-hydrogen) atoms. The number of halogens is 1. The van der Waals surface area contributed by atoms with E-state index in [9.17, 15) is 4.79 Å². The van der Waals surface area contributed by atoms with Crippen molar-refractivity contribution in [2.24, 2.45) is 15.8 Å². The third-order valence-electron chi connectivity index (χ3n) is 6.36. The van der Waals surface area contributed by atoms with Crippen LogP contribution in [0.2, 0.25) is 0 Å². The molecule has 2 rings (SSSR count). The van der Waals surface area contributed by atoms with Crippen molar-refractivity contribution in [2.75, 3.05) is 34.2 Å². The van der Waals surface area contributed by atoms with Gasteiger partial charge in [-0.1, -0.05) is 26.7 Å². The molecule has 0 radical (unpaired) electrons. The molecule has 1 aliphatic carbocycles. The largest absolute Gasteiger partial charge is 0.355 e. The number of aliphatic imine (C=N–C) groups is 1. The molecule has 5 nitrogen and oxygen atoms in total. The fourth-order valence-electron chi connectivity index (χ4n) is 3.94. The first-order chi connectivity index (χ1) is 10.6. The third-order valence-corrected chi connectivity index (χ3v) is 6.36. The minimum Gasteiger partial charge on any atom is -0.355 e. The summed E-state index contributed by atoms with van der Waals surface area (Å²) in [5.41, 5.74) is 0.0856. The van der Waals surface area contributed by atoms with Crippen LogP contribution in [-0.4, -0.2) is 61.4 Å². The second-order valence-electron chi connectivity index (χ2n) is 8.62. The van der Waals surface area contributed by atoms with Crippen molar-refractivity contribution >= 4 is 35.8 Å². The predicted molar refractivity (Wildman–Crippen MR) is 111 cm³/mol. The highest BCUT2D eigenvalue weighted by Crippen LogP contribution is 2.46. The zero-order valence-corrected chi connectivity index (χ0v) is 18.7. The van der Waals surface area contributed by atoms with Gasteiger partial charge in [-0.3, -0.25) is 9.79 Å². The lowest BCUT2D eigenvalue weighted by molar-refractivity contribution is -0.139. The van der Waals surface area contributed by atoms with Crippen LogP contribution in [0.1, 0.15) is 53.4 Å². The Kier molecular flexibility index (Phi) is 6.61. The van der Waals surface area contributed by atoms with Crippen molar-refractivity contribution in [1.29, 1.82) is 0 Å². The fourth-order valence-corrected chi connectivity index (χ4v) is 3.94. The highest BCUT2D eigenvalue weighted by molar-refractivity contribution is 14.0. The Balaban J connectivity index is 0.00000288. The molecule has 1 amide bonds. The average Bonchev–Trinajstić information content (AvgIpc) is 2.95. The van der Waals surface area contributed by atoms with Gasteiger partial charge in [-0.2, -0.15) is 0 Å². The summed E-state index contributed by atoms with van der Waals surface area (Å²) in [5, 5.41) is 3.51. The van der Waals surface area contributed by atoms with Gasteiger partial charge in [-0.15, -0.1) is 24.0 Å². The Morgan fingerprint density at radius 2 is 1.71 bits per heavy atom. The van der Waals surface area contributed by atoms with E-state index in [0.717, 1.165) is 38.2 Å². The lowest BCUT2D eigenvalue weighted by atomic mass is 9.65. The summed E-state index contributed by atoms with van der Waals surface area (Å²) in [7, 11) is 5.55. The van der Waals surface area contributed by atoms with Gasteiger partial charge >= 0.3 is 0 Å². The van der Waals surface area contributed by atoms with Crippen molar-refractivity contribution in [3.63, 3.8) is 0 Å². The standard InChI is InChI=1S/C18H34N4O.HI/c1-16(2)13-22(17(16,3)4)15(19-5)20-12-18(10-8-9-11-18)14(23)21(6)7;/h8-13H2,1-7H3,(H,19,20);1H. The van der Waals surface area contributed by atoms with Crippen molar-refractivity contribution < 1.29 is 4.79 Å². The third kappa shape index (κ3) is 3.53. The van der Waals surface area contributed by atoms with Gasteiger partial charge < -0.3 is 15.1 Å². The Morgan fingerprint density at radius 1 is 1.17 bits per heavy atom. The smallest absolute Gasteiger partial charge is 0.230 e. The predicted octanol–water partition coefficient (Wildman–Crippen LogP) is 2.95. The number of hydrogen-bond acceptors (Lipinski definition) is 2. The molecule has 0 aromatic rings. The van der Waals surface area contributed by atoms with E-state index in [1.807, 2.05) is 21.1 Å². The zero-order chi connectivity index (χ0) is 17.5. The lowest BCUT2D eigenvalue weighted by Crippen LogP contribution is -2.72. The van der Waals surface area contributed by atoms with Crippen molar-refractivity contribution in [2.45, 2.75) is 58.9 Å². The van der Waals surface area contributed by atoms with Crippen molar-refractivity contribution in [1.82, 2.24) is 15.1 Å². The summed E-state index contributed by atoms with van der Waals surface area (Å²) in [4.78, 5) is 21.2. The Hall–Kier alpha value is -0.530. The van der Waals surface area contributed by atoms with E-state index in [4.69, 9.17) is 0 Å². The van der Waals surface area contributed by atoms with Gasteiger partial charge in [-0.25, -0.2) is 0 Å². The molecule has 0 aromatic carbocycles. The van der Waals surface area contributed by atoms with Crippen LogP contribution in [0, 0.1) is 10.8 Å². The first kappa shape index (κ1) is 21.5. The molecule has 0 bridgehead atoms. The van der Waals surface area contributed by atoms with Crippen LogP contribution in [0.15, 0.2) is 4.99 Å². The van der Waals surface area contributed by atoms with Gasteiger partial charge in [0, 0.05) is 45.2 Å². The van der Waals surface area contributed by atoms with Crippen molar-refractivity contribution in [3.8, 4) is 0 Å². The summed E-state index contributed by atoms with van der Waals surface area (Å²) in [6, 6.07) is 0. The quantitative estimate of drug-likeness (QED) is 0.409. The van der Waals surface area contributed by atoms with Crippen LogP contribution in [0.4, 0.5) is 0 Å². The Labute approximate surface area is 164 Å². The molecular weight excluding hydrogens is 415 g/mol. The molecule has 2 fully saturated rings. The summed E-state index contributed by atoms with van der Waals surface area (Å²) >= 11 is 0. The highest BCUT2D eigenvalue weighted by Gasteiger charge is 2.54. The van der Waals surface area contributed by atoms with E-state index < -0.39 is 0 Å². The van der Waals surface area contributed by atoms with E-state index in [1.54, 1.807) is 4.90 Å². The maximum absolute atomic E-state index is 12.7. The summed E-state index contributed by atoms with van der Waals surface area (Å²) in [5.74, 6) is 1.17. The maximum atomic E-state index is 12.7. The monoisotopic (exact) mass is 450 g/mol. The zero-order valence-electron chi connectivity index (χ0n) is 16.4. The fraction of sp³-hybridized carbons (Fsp3) is 0.889. The molecule has 1 heterocycles. The van der Waals surface area contributed by atoms with Crippen molar-refractivity contribution in [3.05, 3.63) is 0 Å². The number of carbonyl (C=O) groups excluding carboxylic acids is 1. The maximum Gasteiger partial charge on any atom is 0.230 e. The molecule has 6 heteroatoms. The highest BCUT2D eigenvalue weighted by atomic mass is 127. The first-order valence-electron chi connectivity index (χ1n) is 8.77. The summed E-state index contributed by atoms with van der Waals surface area (Å²) in [6.45, 7) is 10.8. The van der Waals surface area contributed by atoms with E-state index in [2.05, 4.69) is 42.9 Å². The van der Waals surface area contributed by atoms with E-state index in [-0.39, 0.29) is 46.3 Å². The SMILES string of the molecule is CN=C(NCC1(C(=O)N(C)C)CCCC1)N1CC(C)(C)C1(C)C.I. The minimum absolute atomic E-state index is 0. The number of nitrogens with zero attached hydrogens (tertiary/aromatic N) is 3. The molecule has 1 N–H and O–H groups in total. The second kappa shape index (κ2) is 7.38. The number of hydrogen-bond donors (Lipinski definition) is 1. The van der Waals surface area contributed by atoms with E-state index in [1.165, 1.54) is 0 Å². The topological polar surface area (TPSA) is 47.9 Å². The molecule has 1 saturated carbocycles. The van der Waals surface area contributed by atoms with E-state index in [0.29, 0.717) is 6.54 Å². The van der Waals surface area contributed by atoms with Crippen LogP contribution >= 0.6 is 24.0 Å². The molecule has 1 saturated heterocycles. The normalized spacial score (nSPS) is 24.0. The van der Waals surface area contributed by atoms with Crippen LogP contribution in [0.25, 0.3) is 0 Å². The van der Waals surface area contributed by atoms with Gasteiger partial charge in [0.05, 0.1) is 5.41 Å². The number of carbonyl (C=O) groups is 1. The molecule has 0 unspecified atom stereocenters. The number of rotatable bonds is 3. The average molecular weight is 450 g/mol. The van der Waals surface area contributed by atoms with Crippen LogP contribution in [0.3, 0.4) is 0 Å². The van der Waals surface area contributed by atoms with Gasteiger partial charge in [0.25, 0.3) is 0 Å². The molecule has 0 aromatic heterocycles.